The number of hydrogen-bond acceptors (Lipinski definition) is 5. The minimum absolute atomic E-state index is 0.0286. The fourth-order valence-corrected chi connectivity index (χ4v) is 3.01. The Kier molecular flexibility index (Phi) is 5.73. The fourth-order valence-electron chi connectivity index (χ4n) is 3.01. The van der Waals surface area contributed by atoms with Gasteiger partial charge in [-0.2, -0.15) is 0 Å². The summed E-state index contributed by atoms with van der Waals surface area (Å²) in [4.78, 5) is 49.8. The lowest BCUT2D eigenvalue weighted by atomic mass is 9.99. The third-order valence-electron chi connectivity index (χ3n) is 4.45. The number of imide groups is 2. The number of carbonyl (C=O) groups is 4. The van der Waals surface area contributed by atoms with Crippen LogP contribution < -0.4 is 10.6 Å². The number of nitrogens with one attached hydrogen (secondary N) is 2. The average molecular weight is 393 g/mol. The van der Waals surface area contributed by atoms with Crippen LogP contribution in [-0.4, -0.2) is 33.8 Å². The van der Waals surface area contributed by atoms with Gasteiger partial charge in [0.1, 0.15) is 0 Å². The van der Waals surface area contributed by atoms with E-state index in [1.165, 1.54) is 12.1 Å². The molecule has 29 heavy (non-hydrogen) atoms. The van der Waals surface area contributed by atoms with E-state index >= 15 is 0 Å². The predicted octanol–water partition coefficient (Wildman–Crippen LogP) is 2.60. The molecular weight excluding hydrogens is 374 g/mol. The highest BCUT2D eigenvalue weighted by Gasteiger charge is 2.42. The number of aromatic carboxylic acids is 1. The lowest BCUT2D eigenvalue weighted by molar-refractivity contribution is -0.141. The molecule has 8 heteroatoms. The van der Waals surface area contributed by atoms with Crippen LogP contribution in [0.2, 0.25) is 0 Å². The third-order valence-corrected chi connectivity index (χ3v) is 4.45. The molecule has 0 bridgehead atoms. The van der Waals surface area contributed by atoms with Crippen LogP contribution in [0.4, 0.5) is 10.5 Å². The van der Waals surface area contributed by atoms with E-state index in [0.717, 1.165) is 10.5 Å². The number of urea groups is 1. The Hall–Kier alpha value is -3.94. The molecule has 0 spiro atoms. The zero-order chi connectivity index (χ0) is 21.0. The van der Waals surface area contributed by atoms with Crippen molar-refractivity contribution in [2.45, 2.75) is 13.5 Å². The topological polar surface area (TPSA) is 116 Å². The molecule has 2 aromatic carbocycles. The minimum atomic E-state index is -1.25. The van der Waals surface area contributed by atoms with Crippen molar-refractivity contribution in [2.75, 3.05) is 5.32 Å². The first-order valence-corrected chi connectivity index (χ1v) is 8.87. The monoisotopic (exact) mass is 393 g/mol. The molecule has 1 fully saturated rings. The lowest BCUT2D eigenvalue weighted by Crippen LogP contribution is -2.58. The Bertz CT molecular complexity index is 1000. The summed E-state index contributed by atoms with van der Waals surface area (Å²) in [5, 5.41) is 14.3. The molecule has 148 valence electrons. The Morgan fingerprint density at radius 3 is 2.52 bits per heavy atom. The Morgan fingerprint density at radius 1 is 1.14 bits per heavy atom. The summed E-state index contributed by atoms with van der Waals surface area (Å²) in [6.07, 6.45) is 1.55. The number of carboxylic acids is 1. The van der Waals surface area contributed by atoms with Gasteiger partial charge in [0.05, 0.1) is 12.1 Å². The molecule has 0 aliphatic carbocycles. The third kappa shape index (κ3) is 4.32. The van der Waals surface area contributed by atoms with Crippen LogP contribution in [0.5, 0.6) is 0 Å². The van der Waals surface area contributed by atoms with E-state index in [1.54, 1.807) is 49.4 Å². The Labute approximate surface area is 166 Å². The first-order chi connectivity index (χ1) is 13.9. The average Bonchev–Trinajstić information content (AvgIpc) is 2.71. The number of anilines is 1. The lowest BCUT2D eigenvalue weighted by Gasteiger charge is -2.31. The van der Waals surface area contributed by atoms with E-state index in [-0.39, 0.29) is 17.8 Å². The molecule has 1 aliphatic heterocycles. The van der Waals surface area contributed by atoms with Crippen molar-refractivity contribution in [2.24, 2.45) is 5.92 Å². The number of barbiturate groups is 1. The van der Waals surface area contributed by atoms with Crippen LogP contribution in [-0.2, 0) is 16.1 Å². The molecule has 3 rings (SSSR count). The van der Waals surface area contributed by atoms with E-state index in [2.05, 4.69) is 10.6 Å². The number of hydrogen-bond donors (Lipinski definition) is 3. The number of amides is 4. The molecule has 0 saturated carbocycles. The van der Waals surface area contributed by atoms with Gasteiger partial charge in [-0.05, 0) is 30.7 Å². The van der Waals surface area contributed by atoms with Crippen LogP contribution in [0.3, 0.4) is 0 Å². The highest BCUT2D eigenvalue weighted by Crippen LogP contribution is 2.23. The molecule has 1 saturated heterocycles. The summed E-state index contributed by atoms with van der Waals surface area (Å²) in [5.41, 5.74) is 1.46. The molecule has 2 aromatic rings. The number of benzene rings is 2. The van der Waals surface area contributed by atoms with Gasteiger partial charge in [0.25, 0.3) is 0 Å². The molecule has 4 amide bonds. The van der Waals surface area contributed by atoms with Crippen molar-refractivity contribution in [3.8, 4) is 0 Å². The van der Waals surface area contributed by atoms with Gasteiger partial charge in [-0.15, -0.1) is 0 Å². The predicted molar refractivity (Wildman–Crippen MR) is 105 cm³/mol. The first-order valence-electron chi connectivity index (χ1n) is 8.87. The van der Waals surface area contributed by atoms with Crippen LogP contribution in [0.25, 0.3) is 0 Å². The van der Waals surface area contributed by atoms with Crippen molar-refractivity contribution in [1.29, 1.82) is 0 Å². The standard InChI is InChI=1S/C21H19N3O5/c1-2-16(22-15-10-6-9-14(11-15)20(27)28)17-18(25)23-21(29)24(19(17)26)12-13-7-4-3-5-8-13/h2-11,17,22H,12H2,1H3,(H,27,28)(H,23,25,29)/b16-2+/t17-/m0/s1. The second kappa shape index (κ2) is 8.39. The van der Waals surface area contributed by atoms with Gasteiger partial charge in [-0.3, -0.25) is 19.8 Å². The van der Waals surface area contributed by atoms with Crippen LogP contribution >= 0.6 is 0 Å². The fraction of sp³-hybridized carbons (Fsp3) is 0.143. The maximum absolute atomic E-state index is 13.0. The number of rotatable bonds is 6. The minimum Gasteiger partial charge on any atom is -0.478 e. The number of nitrogens with zero attached hydrogens (tertiary/aromatic N) is 1. The normalized spacial score (nSPS) is 17.1. The van der Waals surface area contributed by atoms with Gasteiger partial charge in [0.15, 0.2) is 5.92 Å². The van der Waals surface area contributed by atoms with Gasteiger partial charge in [-0.25, -0.2) is 9.59 Å². The first kappa shape index (κ1) is 19.8. The van der Waals surface area contributed by atoms with E-state index in [0.29, 0.717) is 5.69 Å². The SMILES string of the molecule is C/C=C(/Nc1cccc(C(=O)O)c1)[C@H]1C(=O)NC(=O)N(Cc2ccccc2)C1=O. The molecule has 1 heterocycles. The summed E-state index contributed by atoms with van der Waals surface area (Å²) in [7, 11) is 0. The molecular formula is C21H19N3O5. The van der Waals surface area contributed by atoms with Crippen LogP contribution in [0, 0.1) is 5.92 Å². The molecule has 0 radical (unpaired) electrons. The molecule has 3 N–H and O–H groups in total. The highest BCUT2D eigenvalue weighted by atomic mass is 16.4. The van der Waals surface area contributed by atoms with Crippen molar-refractivity contribution in [3.63, 3.8) is 0 Å². The van der Waals surface area contributed by atoms with Crippen molar-refractivity contribution in [3.05, 3.63) is 77.5 Å². The smallest absolute Gasteiger partial charge is 0.335 e. The van der Waals surface area contributed by atoms with Crippen molar-refractivity contribution >= 4 is 29.5 Å². The van der Waals surface area contributed by atoms with Gasteiger partial charge >= 0.3 is 12.0 Å². The van der Waals surface area contributed by atoms with Gasteiger partial charge in [-0.1, -0.05) is 42.5 Å². The van der Waals surface area contributed by atoms with E-state index in [1.807, 2.05) is 6.07 Å². The van der Waals surface area contributed by atoms with Crippen molar-refractivity contribution in [1.82, 2.24) is 10.2 Å². The van der Waals surface area contributed by atoms with Gasteiger partial charge in [0.2, 0.25) is 11.8 Å². The molecule has 8 nitrogen and oxygen atoms in total. The van der Waals surface area contributed by atoms with Crippen molar-refractivity contribution < 1.29 is 24.3 Å². The summed E-state index contributed by atoms with van der Waals surface area (Å²) >= 11 is 0. The zero-order valence-electron chi connectivity index (χ0n) is 15.6. The second-order valence-electron chi connectivity index (χ2n) is 6.39. The summed E-state index contributed by atoms with van der Waals surface area (Å²) in [5.74, 6) is -3.74. The molecule has 0 aromatic heterocycles. The quantitative estimate of drug-likeness (QED) is 0.650. The van der Waals surface area contributed by atoms with E-state index in [4.69, 9.17) is 5.11 Å². The highest BCUT2D eigenvalue weighted by molar-refractivity contribution is 6.18. The molecule has 1 aliphatic rings. The number of carboxylic acid groups (broad SMARTS) is 1. The van der Waals surface area contributed by atoms with Crippen LogP contribution in [0.1, 0.15) is 22.8 Å². The molecule has 0 unspecified atom stereocenters. The van der Waals surface area contributed by atoms with Gasteiger partial charge < -0.3 is 10.4 Å². The summed E-state index contributed by atoms with van der Waals surface area (Å²) in [6, 6.07) is 14.2. The number of carbonyl (C=O) groups excluding carboxylic acids is 3. The maximum atomic E-state index is 13.0. The molecule has 1 atom stereocenters. The van der Waals surface area contributed by atoms with E-state index in [9.17, 15) is 19.2 Å². The largest absolute Gasteiger partial charge is 0.478 e. The maximum Gasteiger partial charge on any atom is 0.335 e. The summed E-state index contributed by atoms with van der Waals surface area (Å²) in [6.45, 7) is 1.67. The van der Waals surface area contributed by atoms with E-state index < -0.39 is 29.7 Å². The Balaban J connectivity index is 1.85. The Morgan fingerprint density at radius 2 is 1.86 bits per heavy atom. The second-order valence-corrected chi connectivity index (χ2v) is 6.39. The van der Waals surface area contributed by atoms with Gasteiger partial charge in [0, 0.05) is 11.4 Å². The van der Waals surface area contributed by atoms with Crippen LogP contribution in [0.15, 0.2) is 66.4 Å². The number of allylic oxidation sites excluding steroid dienone is 1. The zero-order valence-corrected chi connectivity index (χ0v) is 15.6. The summed E-state index contributed by atoms with van der Waals surface area (Å²) < 4.78 is 0.